The molecule has 0 atom stereocenters. The number of nitrogens with two attached hydrogens (primary N) is 1. The Morgan fingerprint density at radius 1 is 1.38 bits per heavy atom. The first-order valence-corrected chi connectivity index (χ1v) is 5.02. The highest BCUT2D eigenvalue weighted by Gasteiger charge is 2.21. The van der Waals surface area contributed by atoms with Gasteiger partial charge in [0.15, 0.2) is 0 Å². The van der Waals surface area contributed by atoms with Crippen molar-refractivity contribution in [2.75, 3.05) is 13.1 Å². The molecule has 1 aliphatic rings. The van der Waals surface area contributed by atoms with Crippen LogP contribution in [0.5, 0.6) is 0 Å². The average Bonchev–Trinajstić information content (AvgIpc) is 2.81. The fourth-order valence-corrected chi connectivity index (χ4v) is 1.62. The van der Waals surface area contributed by atoms with Crippen molar-refractivity contribution in [2.24, 2.45) is 5.73 Å². The first-order valence-electron chi connectivity index (χ1n) is 5.02. The maximum Gasteiger partial charge on any atom is 0.286 e. The summed E-state index contributed by atoms with van der Waals surface area (Å²) in [5.41, 5.74) is 5.14. The van der Waals surface area contributed by atoms with Crippen molar-refractivity contribution in [1.82, 2.24) is 14.9 Å². The smallest absolute Gasteiger partial charge is 0.286 e. The summed E-state index contributed by atoms with van der Waals surface area (Å²) < 4.78 is 0. The van der Waals surface area contributed by atoms with E-state index in [0.29, 0.717) is 0 Å². The van der Waals surface area contributed by atoms with Crippen LogP contribution in [-0.2, 0) is 0 Å². The molecule has 0 unspecified atom stereocenters. The van der Waals surface area contributed by atoms with E-state index in [1.54, 1.807) is 4.90 Å². The number of carbonyl (C=O) groups is 2. The topological polar surface area (TPSA) is 89.2 Å². The molecule has 0 aromatic carbocycles. The lowest BCUT2D eigenvalue weighted by atomic mass is 10.3. The van der Waals surface area contributed by atoms with Crippen LogP contribution in [0, 0.1) is 6.07 Å². The van der Waals surface area contributed by atoms with Gasteiger partial charge in [0.1, 0.15) is 5.69 Å². The maximum atomic E-state index is 11.9. The van der Waals surface area contributed by atoms with Crippen molar-refractivity contribution >= 4 is 11.8 Å². The maximum absolute atomic E-state index is 11.9. The molecule has 1 radical (unpaired) electrons. The lowest BCUT2D eigenvalue weighted by Gasteiger charge is -2.13. The Labute approximate surface area is 92.5 Å². The molecule has 2 N–H and O–H groups in total. The second-order valence-electron chi connectivity index (χ2n) is 3.55. The molecular weight excluding hydrogens is 208 g/mol. The van der Waals surface area contributed by atoms with Gasteiger partial charge >= 0.3 is 0 Å². The summed E-state index contributed by atoms with van der Waals surface area (Å²) in [6, 6.07) is 2.62. The zero-order valence-electron chi connectivity index (χ0n) is 8.64. The van der Waals surface area contributed by atoms with Crippen LogP contribution in [0.2, 0.25) is 0 Å². The number of carbonyl (C=O) groups excluding carboxylic acids is 2. The Kier molecular flexibility index (Phi) is 2.80. The molecule has 1 saturated heterocycles. The summed E-state index contributed by atoms with van der Waals surface area (Å²) in [6.45, 7) is 1.45. The first kappa shape index (κ1) is 10.5. The molecule has 6 heteroatoms. The molecule has 0 aliphatic carbocycles. The van der Waals surface area contributed by atoms with Crippen molar-refractivity contribution < 1.29 is 9.59 Å². The van der Waals surface area contributed by atoms with Crippen LogP contribution in [0.4, 0.5) is 0 Å². The standard InChI is InChI=1S/C10H11N4O2/c11-8(15)9-12-4-3-7(13-9)10(16)14-5-1-2-6-14/h4H,1-2,5-6H2,(H2,11,15). The van der Waals surface area contributed by atoms with E-state index in [-0.39, 0.29) is 17.4 Å². The summed E-state index contributed by atoms with van der Waals surface area (Å²) >= 11 is 0. The van der Waals surface area contributed by atoms with E-state index in [1.807, 2.05) is 0 Å². The fraction of sp³-hybridized carbons (Fsp3) is 0.400. The van der Waals surface area contributed by atoms with Crippen molar-refractivity contribution in [3.63, 3.8) is 0 Å². The molecule has 1 aromatic rings. The van der Waals surface area contributed by atoms with Gasteiger partial charge in [-0.2, -0.15) is 0 Å². The average molecular weight is 219 g/mol. The van der Waals surface area contributed by atoms with Crippen molar-refractivity contribution in [3.05, 3.63) is 23.8 Å². The van der Waals surface area contributed by atoms with E-state index in [9.17, 15) is 9.59 Å². The molecule has 16 heavy (non-hydrogen) atoms. The van der Waals surface area contributed by atoms with Crippen molar-refractivity contribution in [1.29, 1.82) is 0 Å². The Hall–Kier alpha value is -1.98. The van der Waals surface area contributed by atoms with Crippen LogP contribution >= 0.6 is 0 Å². The summed E-state index contributed by atoms with van der Waals surface area (Å²) in [6.07, 6.45) is 3.25. The molecule has 83 valence electrons. The largest absolute Gasteiger partial charge is 0.363 e. The highest BCUT2D eigenvalue weighted by Crippen LogP contribution is 2.10. The minimum atomic E-state index is -0.746. The quantitative estimate of drug-likeness (QED) is 0.733. The van der Waals surface area contributed by atoms with Gasteiger partial charge in [-0.3, -0.25) is 9.59 Å². The molecule has 2 rings (SSSR count). The van der Waals surface area contributed by atoms with E-state index in [1.165, 1.54) is 6.20 Å². The van der Waals surface area contributed by atoms with Gasteiger partial charge in [0.2, 0.25) is 5.82 Å². The number of nitrogens with zero attached hydrogens (tertiary/aromatic N) is 3. The van der Waals surface area contributed by atoms with Gasteiger partial charge in [0.05, 0.1) is 0 Å². The van der Waals surface area contributed by atoms with Crippen LogP contribution in [0.3, 0.4) is 0 Å². The number of hydrogen-bond donors (Lipinski definition) is 1. The Morgan fingerprint density at radius 3 is 2.69 bits per heavy atom. The second kappa shape index (κ2) is 4.26. The van der Waals surface area contributed by atoms with E-state index in [4.69, 9.17) is 5.73 Å². The van der Waals surface area contributed by atoms with Crippen molar-refractivity contribution in [3.8, 4) is 0 Å². The Balaban J connectivity index is 2.22. The number of hydrogen-bond acceptors (Lipinski definition) is 4. The van der Waals surface area contributed by atoms with Gasteiger partial charge < -0.3 is 10.6 Å². The predicted octanol–water partition coefficient (Wildman–Crippen LogP) is -0.388. The van der Waals surface area contributed by atoms with Crippen molar-refractivity contribution in [2.45, 2.75) is 12.8 Å². The normalized spacial score (nSPS) is 15.1. The molecule has 1 aliphatic heterocycles. The third-order valence-corrected chi connectivity index (χ3v) is 2.42. The van der Waals surface area contributed by atoms with Gasteiger partial charge in [-0.15, -0.1) is 0 Å². The predicted molar refractivity (Wildman–Crippen MR) is 54.5 cm³/mol. The molecule has 0 bridgehead atoms. The SMILES string of the molecule is NC(=O)c1nc[c]c(C(=O)N2CCCC2)n1. The van der Waals surface area contributed by atoms with Crippen LogP contribution in [0.25, 0.3) is 0 Å². The minimum absolute atomic E-state index is 0.103. The van der Waals surface area contributed by atoms with Gasteiger partial charge in [-0.1, -0.05) is 0 Å². The Bertz CT molecular complexity index is 427. The third-order valence-electron chi connectivity index (χ3n) is 2.42. The van der Waals surface area contributed by atoms with Crippen LogP contribution in [-0.4, -0.2) is 39.8 Å². The van der Waals surface area contributed by atoms with Gasteiger partial charge in [-0.25, -0.2) is 9.97 Å². The van der Waals surface area contributed by atoms with Crippen LogP contribution in [0.1, 0.15) is 33.9 Å². The molecule has 1 fully saturated rings. The van der Waals surface area contributed by atoms with Gasteiger partial charge in [0, 0.05) is 25.4 Å². The van der Waals surface area contributed by atoms with E-state index >= 15 is 0 Å². The van der Waals surface area contributed by atoms with E-state index in [0.717, 1.165) is 25.9 Å². The summed E-state index contributed by atoms with van der Waals surface area (Å²) in [7, 11) is 0. The zero-order valence-corrected chi connectivity index (χ0v) is 8.64. The highest BCUT2D eigenvalue weighted by molar-refractivity contribution is 5.94. The van der Waals surface area contributed by atoms with Crippen LogP contribution < -0.4 is 5.73 Å². The molecule has 2 amide bonds. The lowest BCUT2D eigenvalue weighted by molar-refractivity contribution is 0.0786. The number of primary amides is 1. The van der Waals surface area contributed by atoms with Gasteiger partial charge in [0.25, 0.3) is 11.8 Å². The summed E-state index contributed by atoms with van der Waals surface area (Å²) in [5, 5.41) is 0. The molecule has 6 nitrogen and oxygen atoms in total. The number of aromatic nitrogens is 2. The third kappa shape index (κ3) is 2.00. The van der Waals surface area contributed by atoms with E-state index < -0.39 is 5.91 Å². The molecule has 0 saturated carbocycles. The van der Waals surface area contributed by atoms with Crippen LogP contribution in [0.15, 0.2) is 6.20 Å². The number of rotatable bonds is 2. The number of amides is 2. The highest BCUT2D eigenvalue weighted by atomic mass is 16.2. The number of likely N-dealkylation sites (tertiary alicyclic amines) is 1. The van der Waals surface area contributed by atoms with E-state index in [2.05, 4.69) is 16.0 Å². The second-order valence-corrected chi connectivity index (χ2v) is 3.55. The monoisotopic (exact) mass is 219 g/mol. The zero-order chi connectivity index (χ0) is 11.5. The lowest BCUT2D eigenvalue weighted by Crippen LogP contribution is -2.29. The molecule has 2 heterocycles. The van der Waals surface area contributed by atoms with Gasteiger partial charge in [-0.05, 0) is 12.8 Å². The minimum Gasteiger partial charge on any atom is -0.363 e. The molecular formula is C10H11N4O2. The molecule has 1 aromatic heterocycles. The molecule has 0 spiro atoms. The summed E-state index contributed by atoms with van der Waals surface area (Å²) in [5.74, 6) is -1.12. The summed E-state index contributed by atoms with van der Waals surface area (Å²) in [4.78, 5) is 31.8. The Morgan fingerprint density at radius 2 is 2.06 bits per heavy atom. The first-order chi connectivity index (χ1) is 7.68. The fourth-order valence-electron chi connectivity index (χ4n) is 1.62.